The minimum Gasteiger partial charge on any atom is -0.404 e. The zero-order chi connectivity index (χ0) is 15.4. The molecule has 2 rings (SSSR count). The summed E-state index contributed by atoms with van der Waals surface area (Å²) < 4.78 is 0. The highest BCUT2D eigenvalue weighted by atomic mass is 16.1. The van der Waals surface area contributed by atoms with Gasteiger partial charge in [-0.25, -0.2) is 0 Å². The molecule has 0 aliphatic rings. The second kappa shape index (κ2) is 6.27. The third-order valence-corrected chi connectivity index (χ3v) is 3.71. The van der Waals surface area contributed by atoms with Crippen molar-refractivity contribution in [3.63, 3.8) is 0 Å². The van der Waals surface area contributed by atoms with Crippen LogP contribution in [-0.4, -0.2) is 6.41 Å². The minimum absolute atomic E-state index is 0.829. The normalized spacial score (nSPS) is 11.3. The molecule has 0 spiro atoms. The van der Waals surface area contributed by atoms with Gasteiger partial charge in [0.25, 0.3) is 0 Å². The van der Waals surface area contributed by atoms with E-state index in [4.69, 9.17) is 5.73 Å². The van der Waals surface area contributed by atoms with Crippen molar-refractivity contribution in [3.05, 3.63) is 65.4 Å². The van der Waals surface area contributed by atoms with E-state index in [2.05, 4.69) is 6.92 Å². The van der Waals surface area contributed by atoms with Gasteiger partial charge in [0.2, 0.25) is 6.41 Å². The Morgan fingerprint density at radius 3 is 2.43 bits per heavy atom. The fourth-order valence-corrected chi connectivity index (χ4v) is 2.24. The number of allylic oxidation sites excluding steroid dienone is 1. The summed E-state index contributed by atoms with van der Waals surface area (Å²) in [5.74, 6) is 0. The number of carbonyl (C=O) groups is 1. The van der Waals surface area contributed by atoms with Crippen LogP contribution in [-0.2, 0) is 4.79 Å². The lowest BCUT2D eigenvalue weighted by atomic mass is 10.0. The SMILES string of the molecule is C/C(=C\N)c1ccccc1N(C=O)c1ccc(C)c(C)c1. The number of rotatable bonds is 4. The van der Waals surface area contributed by atoms with Crippen LogP contribution in [0.15, 0.2) is 48.7 Å². The largest absolute Gasteiger partial charge is 0.404 e. The minimum atomic E-state index is 0.829. The number of nitrogens with zero attached hydrogens (tertiary/aromatic N) is 1. The van der Waals surface area contributed by atoms with E-state index in [-0.39, 0.29) is 0 Å². The fraction of sp³-hybridized carbons (Fsp3) is 0.167. The zero-order valence-electron chi connectivity index (χ0n) is 12.6. The number of hydrogen-bond donors (Lipinski definition) is 1. The van der Waals surface area contributed by atoms with E-state index in [1.807, 2.05) is 56.3 Å². The van der Waals surface area contributed by atoms with Gasteiger partial charge in [-0.2, -0.15) is 0 Å². The molecule has 2 N–H and O–H groups in total. The van der Waals surface area contributed by atoms with Crippen LogP contribution in [0.4, 0.5) is 11.4 Å². The predicted molar refractivity (Wildman–Crippen MR) is 88.4 cm³/mol. The first kappa shape index (κ1) is 14.9. The van der Waals surface area contributed by atoms with Crippen molar-refractivity contribution in [1.82, 2.24) is 0 Å². The van der Waals surface area contributed by atoms with Crippen LogP contribution < -0.4 is 10.6 Å². The van der Waals surface area contributed by atoms with Gasteiger partial charge in [-0.15, -0.1) is 0 Å². The van der Waals surface area contributed by atoms with Crippen molar-refractivity contribution in [2.45, 2.75) is 20.8 Å². The lowest BCUT2D eigenvalue weighted by Gasteiger charge is -2.22. The quantitative estimate of drug-likeness (QED) is 0.863. The molecule has 0 aliphatic carbocycles. The molecule has 3 heteroatoms. The third-order valence-electron chi connectivity index (χ3n) is 3.71. The Hall–Kier alpha value is -2.55. The molecule has 0 unspecified atom stereocenters. The Kier molecular flexibility index (Phi) is 4.43. The summed E-state index contributed by atoms with van der Waals surface area (Å²) in [4.78, 5) is 13.3. The Balaban J connectivity index is 2.56. The van der Waals surface area contributed by atoms with Crippen molar-refractivity contribution in [3.8, 4) is 0 Å². The number of anilines is 2. The molecule has 0 heterocycles. The summed E-state index contributed by atoms with van der Waals surface area (Å²) in [6.07, 6.45) is 2.40. The van der Waals surface area contributed by atoms with E-state index in [9.17, 15) is 4.79 Å². The third kappa shape index (κ3) is 2.97. The molecule has 2 aromatic carbocycles. The van der Waals surface area contributed by atoms with Crippen LogP contribution >= 0.6 is 0 Å². The molecule has 0 fully saturated rings. The lowest BCUT2D eigenvalue weighted by molar-refractivity contribution is -0.106. The van der Waals surface area contributed by atoms with Crippen molar-refractivity contribution >= 4 is 23.4 Å². The Bertz CT molecular complexity index is 689. The molecule has 3 nitrogen and oxygen atoms in total. The molecule has 0 atom stereocenters. The summed E-state index contributed by atoms with van der Waals surface area (Å²) in [6, 6.07) is 13.7. The molecule has 0 radical (unpaired) electrons. The smallest absolute Gasteiger partial charge is 0.218 e. The summed E-state index contributed by atoms with van der Waals surface area (Å²) in [5, 5.41) is 0. The summed E-state index contributed by atoms with van der Waals surface area (Å²) in [6.45, 7) is 6.03. The maximum Gasteiger partial charge on any atom is 0.218 e. The van der Waals surface area contributed by atoms with E-state index in [1.165, 1.54) is 5.56 Å². The fourth-order valence-electron chi connectivity index (χ4n) is 2.24. The van der Waals surface area contributed by atoms with Crippen molar-refractivity contribution in [2.24, 2.45) is 5.73 Å². The molecule has 21 heavy (non-hydrogen) atoms. The topological polar surface area (TPSA) is 46.3 Å². The summed E-state index contributed by atoms with van der Waals surface area (Å²) in [5.41, 5.74) is 11.6. The predicted octanol–water partition coefficient (Wildman–Crippen LogP) is 3.92. The van der Waals surface area contributed by atoms with Gasteiger partial charge in [0.15, 0.2) is 0 Å². The van der Waals surface area contributed by atoms with Gasteiger partial charge in [-0.05, 0) is 61.9 Å². The molecular formula is C18H20N2O. The highest BCUT2D eigenvalue weighted by Gasteiger charge is 2.13. The van der Waals surface area contributed by atoms with Crippen LogP contribution in [0.3, 0.4) is 0 Å². The maximum atomic E-state index is 11.6. The number of nitrogens with two attached hydrogens (primary N) is 1. The van der Waals surface area contributed by atoms with Crippen LogP contribution in [0.2, 0.25) is 0 Å². The van der Waals surface area contributed by atoms with E-state index in [0.717, 1.165) is 34.5 Å². The van der Waals surface area contributed by atoms with E-state index >= 15 is 0 Å². The van der Waals surface area contributed by atoms with Gasteiger partial charge in [0.1, 0.15) is 0 Å². The molecule has 0 saturated carbocycles. The van der Waals surface area contributed by atoms with Crippen LogP contribution in [0, 0.1) is 13.8 Å². The van der Waals surface area contributed by atoms with Crippen LogP contribution in [0.1, 0.15) is 23.6 Å². The number of aryl methyl sites for hydroxylation is 2. The molecule has 2 aromatic rings. The summed E-state index contributed by atoms with van der Waals surface area (Å²) in [7, 11) is 0. The number of benzene rings is 2. The highest BCUT2D eigenvalue weighted by Crippen LogP contribution is 2.31. The monoisotopic (exact) mass is 280 g/mol. The number of carbonyl (C=O) groups excluding carboxylic acids is 1. The first-order valence-electron chi connectivity index (χ1n) is 6.88. The Morgan fingerprint density at radius 2 is 1.81 bits per heavy atom. The zero-order valence-corrected chi connectivity index (χ0v) is 12.6. The van der Waals surface area contributed by atoms with E-state index in [1.54, 1.807) is 11.1 Å². The van der Waals surface area contributed by atoms with E-state index < -0.39 is 0 Å². The Morgan fingerprint density at radius 1 is 1.10 bits per heavy atom. The van der Waals surface area contributed by atoms with Crippen molar-refractivity contribution in [2.75, 3.05) is 4.90 Å². The average molecular weight is 280 g/mol. The molecule has 1 amide bonds. The van der Waals surface area contributed by atoms with Crippen molar-refractivity contribution < 1.29 is 4.79 Å². The second-order valence-electron chi connectivity index (χ2n) is 5.11. The van der Waals surface area contributed by atoms with Gasteiger partial charge in [0, 0.05) is 11.3 Å². The van der Waals surface area contributed by atoms with Crippen molar-refractivity contribution in [1.29, 1.82) is 0 Å². The first-order valence-corrected chi connectivity index (χ1v) is 6.88. The molecule has 0 saturated heterocycles. The van der Waals surface area contributed by atoms with Crippen LogP contribution in [0.25, 0.3) is 5.57 Å². The number of hydrogen-bond acceptors (Lipinski definition) is 2. The molecule has 0 bridgehead atoms. The van der Waals surface area contributed by atoms with Crippen LogP contribution in [0.5, 0.6) is 0 Å². The van der Waals surface area contributed by atoms with Gasteiger partial charge < -0.3 is 5.73 Å². The molecular weight excluding hydrogens is 260 g/mol. The number of amides is 1. The van der Waals surface area contributed by atoms with Gasteiger partial charge in [0.05, 0.1) is 5.69 Å². The summed E-state index contributed by atoms with van der Waals surface area (Å²) >= 11 is 0. The molecule has 108 valence electrons. The van der Waals surface area contributed by atoms with Gasteiger partial charge >= 0.3 is 0 Å². The average Bonchev–Trinajstić information content (AvgIpc) is 2.51. The number of para-hydroxylation sites is 1. The Labute approximate surface area is 125 Å². The van der Waals surface area contributed by atoms with Gasteiger partial charge in [-0.1, -0.05) is 24.3 Å². The first-order chi connectivity index (χ1) is 10.1. The standard InChI is InChI=1S/C18H20N2O/c1-13-8-9-16(10-14(13)2)20(12-21)18-7-5-4-6-17(18)15(3)11-19/h4-12H,19H2,1-3H3/b15-11+. The highest BCUT2D eigenvalue weighted by molar-refractivity contribution is 5.92. The molecule has 0 aromatic heterocycles. The van der Waals surface area contributed by atoms with Gasteiger partial charge in [-0.3, -0.25) is 9.69 Å². The molecule has 0 aliphatic heterocycles. The van der Waals surface area contributed by atoms with E-state index in [0.29, 0.717) is 0 Å². The lowest BCUT2D eigenvalue weighted by Crippen LogP contribution is -2.16. The maximum absolute atomic E-state index is 11.6. The second-order valence-corrected chi connectivity index (χ2v) is 5.11.